The average Bonchev–Trinajstić information content (AvgIpc) is 2.88. The largest absolute Gasteiger partial charge is 0.491 e. The number of aliphatic hydroxyl groups is 1. The number of carboxylic acid groups (broad SMARTS) is 1. The van der Waals surface area contributed by atoms with Gasteiger partial charge in [-0.05, 0) is 88.4 Å². The van der Waals surface area contributed by atoms with Crippen molar-refractivity contribution < 1.29 is 24.5 Å². The van der Waals surface area contributed by atoms with Crippen LogP contribution in [0.5, 0.6) is 5.75 Å². The van der Waals surface area contributed by atoms with E-state index in [2.05, 4.69) is 41.7 Å². The molecule has 7 nitrogen and oxygen atoms in total. The van der Waals surface area contributed by atoms with Gasteiger partial charge < -0.3 is 20.3 Å². The summed E-state index contributed by atoms with van der Waals surface area (Å²) in [5.41, 5.74) is 1.57. The number of anilines is 1. The fraction of sp³-hybridized carbons (Fsp3) is 0.355. The van der Waals surface area contributed by atoms with Crippen molar-refractivity contribution in [2.45, 2.75) is 64.6 Å². The van der Waals surface area contributed by atoms with E-state index in [1.807, 2.05) is 25.1 Å². The SMILES string of the molecule is CC(CCc1ccc(-c2ccccc2)cc1)Oc1ccc(NC(=O)[C@](C)(CO)N(C(=O)O)C(C)(C)C)cc1. The summed E-state index contributed by atoms with van der Waals surface area (Å²) in [4.78, 5) is 25.9. The number of nitrogens with one attached hydrogen (secondary N) is 1. The van der Waals surface area contributed by atoms with Gasteiger partial charge in [-0.2, -0.15) is 0 Å². The first kappa shape index (κ1) is 28.7. The Hall–Kier alpha value is -3.84. The van der Waals surface area contributed by atoms with Crippen molar-refractivity contribution in [3.8, 4) is 16.9 Å². The van der Waals surface area contributed by atoms with Gasteiger partial charge in [-0.1, -0.05) is 54.6 Å². The lowest BCUT2D eigenvalue weighted by Crippen LogP contribution is -2.65. The topological polar surface area (TPSA) is 99.1 Å². The molecule has 1 unspecified atom stereocenters. The van der Waals surface area contributed by atoms with Crippen LogP contribution >= 0.6 is 0 Å². The molecule has 0 aliphatic carbocycles. The lowest BCUT2D eigenvalue weighted by atomic mass is 9.93. The van der Waals surface area contributed by atoms with Crippen LogP contribution in [0.3, 0.4) is 0 Å². The summed E-state index contributed by atoms with van der Waals surface area (Å²) in [7, 11) is 0. The molecule has 0 heterocycles. The van der Waals surface area contributed by atoms with E-state index in [0.29, 0.717) is 11.4 Å². The third-order valence-corrected chi connectivity index (χ3v) is 6.50. The van der Waals surface area contributed by atoms with E-state index in [1.165, 1.54) is 23.6 Å². The lowest BCUT2D eigenvalue weighted by molar-refractivity contribution is -0.132. The van der Waals surface area contributed by atoms with Crippen LogP contribution in [0.25, 0.3) is 11.1 Å². The predicted molar refractivity (Wildman–Crippen MR) is 150 cm³/mol. The van der Waals surface area contributed by atoms with Gasteiger partial charge in [0.1, 0.15) is 11.3 Å². The van der Waals surface area contributed by atoms with Crippen molar-refractivity contribution in [1.82, 2.24) is 4.90 Å². The second kappa shape index (κ2) is 12.1. The third-order valence-electron chi connectivity index (χ3n) is 6.50. The summed E-state index contributed by atoms with van der Waals surface area (Å²) >= 11 is 0. The van der Waals surface area contributed by atoms with Gasteiger partial charge in [-0.15, -0.1) is 0 Å². The van der Waals surface area contributed by atoms with Crippen molar-refractivity contribution in [2.24, 2.45) is 0 Å². The molecule has 3 aromatic rings. The van der Waals surface area contributed by atoms with E-state index in [4.69, 9.17) is 4.74 Å². The van der Waals surface area contributed by atoms with Crippen LogP contribution in [-0.2, 0) is 11.2 Å². The summed E-state index contributed by atoms with van der Waals surface area (Å²) < 4.78 is 6.05. The normalized spacial score (nSPS) is 13.7. The molecule has 0 aliphatic heterocycles. The molecule has 0 aromatic heterocycles. The summed E-state index contributed by atoms with van der Waals surface area (Å²) in [6, 6.07) is 25.8. The molecule has 3 aromatic carbocycles. The molecular weight excluding hydrogens is 480 g/mol. The molecule has 0 fully saturated rings. The molecule has 0 saturated carbocycles. The fourth-order valence-corrected chi connectivity index (χ4v) is 4.52. The number of ether oxygens (including phenoxy) is 1. The fourth-order valence-electron chi connectivity index (χ4n) is 4.52. The average molecular weight is 519 g/mol. The van der Waals surface area contributed by atoms with Crippen LogP contribution in [0.2, 0.25) is 0 Å². The number of hydrogen-bond donors (Lipinski definition) is 3. The van der Waals surface area contributed by atoms with Gasteiger partial charge in [0.05, 0.1) is 12.7 Å². The predicted octanol–water partition coefficient (Wildman–Crippen LogP) is 6.22. The molecule has 2 atom stereocenters. The molecule has 0 radical (unpaired) electrons. The molecule has 3 N–H and O–H groups in total. The smallest absolute Gasteiger partial charge is 0.408 e. The summed E-state index contributed by atoms with van der Waals surface area (Å²) in [5, 5.41) is 22.4. The van der Waals surface area contributed by atoms with Crippen LogP contribution in [0.1, 0.15) is 46.6 Å². The zero-order valence-corrected chi connectivity index (χ0v) is 22.8. The molecule has 0 aliphatic rings. The second-order valence-corrected chi connectivity index (χ2v) is 10.7. The van der Waals surface area contributed by atoms with Gasteiger partial charge in [-0.25, -0.2) is 4.79 Å². The Morgan fingerprint density at radius 2 is 1.47 bits per heavy atom. The van der Waals surface area contributed by atoms with Crippen LogP contribution in [0.15, 0.2) is 78.9 Å². The third kappa shape index (κ3) is 7.13. The highest BCUT2D eigenvalue weighted by Gasteiger charge is 2.47. The molecule has 0 saturated heterocycles. The van der Waals surface area contributed by atoms with E-state index in [1.54, 1.807) is 45.0 Å². The Labute approximate surface area is 225 Å². The number of nitrogens with zero attached hydrogens (tertiary/aromatic N) is 1. The Balaban J connectivity index is 1.55. The first-order valence-corrected chi connectivity index (χ1v) is 12.8. The molecule has 7 heteroatoms. The van der Waals surface area contributed by atoms with Crippen LogP contribution < -0.4 is 10.1 Å². The van der Waals surface area contributed by atoms with Gasteiger partial charge in [-0.3, -0.25) is 9.69 Å². The van der Waals surface area contributed by atoms with E-state index < -0.39 is 29.7 Å². The number of amides is 2. The quantitative estimate of drug-likeness (QED) is 0.296. The van der Waals surface area contributed by atoms with Crippen LogP contribution in [0, 0.1) is 0 Å². The Morgan fingerprint density at radius 1 is 0.895 bits per heavy atom. The first-order valence-electron chi connectivity index (χ1n) is 12.8. The number of rotatable bonds is 10. The van der Waals surface area contributed by atoms with Crippen molar-refractivity contribution in [2.75, 3.05) is 11.9 Å². The first-order chi connectivity index (χ1) is 17.9. The molecule has 0 bridgehead atoms. The molecule has 2 amide bonds. The van der Waals surface area contributed by atoms with E-state index >= 15 is 0 Å². The van der Waals surface area contributed by atoms with Crippen LogP contribution in [0.4, 0.5) is 10.5 Å². The monoisotopic (exact) mass is 518 g/mol. The van der Waals surface area contributed by atoms with Crippen molar-refractivity contribution >= 4 is 17.7 Å². The maximum absolute atomic E-state index is 13.0. The Morgan fingerprint density at radius 3 is 2.00 bits per heavy atom. The Kier molecular flexibility index (Phi) is 9.17. The minimum absolute atomic E-state index is 0.0159. The minimum atomic E-state index is -1.66. The number of hydrogen-bond acceptors (Lipinski definition) is 4. The number of aliphatic hydroxyl groups excluding tert-OH is 1. The molecular formula is C31H38N2O5. The van der Waals surface area contributed by atoms with Crippen molar-refractivity contribution in [1.29, 1.82) is 0 Å². The number of carbonyl (C=O) groups is 2. The maximum Gasteiger partial charge on any atom is 0.408 e. The molecule has 202 valence electrons. The second-order valence-electron chi connectivity index (χ2n) is 10.7. The highest BCUT2D eigenvalue weighted by molar-refractivity contribution is 5.99. The van der Waals surface area contributed by atoms with E-state index in [0.717, 1.165) is 17.7 Å². The van der Waals surface area contributed by atoms with Crippen LogP contribution in [-0.4, -0.2) is 50.9 Å². The van der Waals surface area contributed by atoms with Gasteiger partial charge in [0, 0.05) is 11.2 Å². The van der Waals surface area contributed by atoms with Crippen molar-refractivity contribution in [3.63, 3.8) is 0 Å². The number of benzene rings is 3. The van der Waals surface area contributed by atoms with Gasteiger partial charge >= 0.3 is 6.09 Å². The standard InChI is InChI=1S/C31H38N2O5/c1-22(11-12-23-13-15-25(16-14-23)24-9-7-6-8-10-24)38-27-19-17-26(18-20-27)32-28(35)31(5,21-34)33(29(36)37)30(2,3)4/h6-10,13-20,22,34H,11-12,21H2,1-5H3,(H,32,35)(H,36,37)/t22?,31-/m0/s1. The highest BCUT2D eigenvalue weighted by Crippen LogP contribution is 2.28. The zero-order chi connectivity index (χ0) is 27.9. The minimum Gasteiger partial charge on any atom is -0.491 e. The van der Waals surface area contributed by atoms with Crippen molar-refractivity contribution in [3.05, 3.63) is 84.4 Å². The number of aryl methyl sites for hydroxylation is 1. The lowest BCUT2D eigenvalue weighted by Gasteiger charge is -2.44. The molecule has 3 rings (SSSR count). The summed E-state index contributed by atoms with van der Waals surface area (Å²) in [5.74, 6) is 0.0549. The molecule has 38 heavy (non-hydrogen) atoms. The van der Waals surface area contributed by atoms with E-state index in [9.17, 15) is 19.8 Å². The van der Waals surface area contributed by atoms with E-state index in [-0.39, 0.29) is 6.10 Å². The summed E-state index contributed by atoms with van der Waals surface area (Å²) in [6.07, 6.45) is 0.431. The molecule has 0 spiro atoms. The summed E-state index contributed by atoms with van der Waals surface area (Å²) in [6.45, 7) is 7.81. The van der Waals surface area contributed by atoms with Gasteiger partial charge in [0.2, 0.25) is 0 Å². The Bertz CT molecular complexity index is 1200. The van der Waals surface area contributed by atoms with Gasteiger partial charge in [0.15, 0.2) is 0 Å². The zero-order valence-electron chi connectivity index (χ0n) is 22.8. The number of carbonyl (C=O) groups excluding carboxylic acids is 1. The maximum atomic E-state index is 13.0. The highest BCUT2D eigenvalue weighted by atomic mass is 16.5. The van der Waals surface area contributed by atoms with Gasteiger partial charge in [0.25, 0.3) is 5.91 Å².